The first-order chi connectivity index (χ1) is 8.00. The number of amides is 1. The van der Waals surface area contributed by atoms with Crippen molar-refractivity contribution in [1.29, 1.82) is 0 Å². The zero-order chi connectivity index (χ0) is 12.6. The Labute approximate surface area is 113 Å². The molecule has 2 N–H and O–H groups in total. The van der Waals surface area contributed by atoms with Crippen LogP contribution in [0, 0.1) is 6.92 Å². The van der Waals surface area contributed by atoms with E-state index in [9.17, 15) is 9.90 Å². The first-order valence-electron chi connectivity index (χ1n) is 5.42. The number of carbonyl (C=O) groups is 1. The van der Waals surface area contributed by atoms with Crippen LogP contribution in [-0.2, 0) is 0 Å². The summed E-state index contributed by atoms with van der Waals surface area (Å²) in [5.74, 6) is -0.0310. The fourth-order valence-electron chi connectivity index (χ4n) is 1.94. The lowest BCUT2D eigenvalue weighted by molar-refractivity contribution is 0.0585. The lowest BCUT2D eigenvalue weighted by Crippen LogP contribution is -2.44. The molecular formula is C11H15BrN2O2S. The van der Waals surface area contributed by atoms with Crippen LogP contribution >= 0.6 is 27.3 Å². The van der Waals surface area contributed by atoms with Crippen LogP contribution in [0.5, 0.6) is 0 Å². The van der Waals surface area contributed by atoms with E-state index in [-0.39, 0.29) is 11.9 Å². The molecule has 6 heteroatoms. The molecule has 1 aromatic rings. The lowest BCUT2D eigenvalue weighted by Gasteiger charge is -2.25. The number of halogens is 1. The Bertz CT molecular complexity index is 416. The van der Waals surface area contributed by atoms with Crippen LogP contribution in [0.15, 0.2) is 9.85 Å². The second-order valence-corrected chi connectivity index (χ2v) is 6.65. The van der Waals surface area contributed by atoms with Gasteiger partial charge < -0.3 is 15.3 Å². The second-order valence-electron chi connectivity index (χ2n) is 4.28. The van der Waals surface area contributed by atoms with Crippen LogP contribution in [-0.4, -0.2) is 48.2 Å². The maximum atomic E-state index is 12.2. The van der Waals surface area contributed by atoms with Gasteiger partial charge in [-0.2, -0.15) is 0 Å². The van der Waals surface area contributed by atoms with Crippen LogP contribution < -0.4 is 5.32 Å². The summed E-state index contributed by atoms with van der Waals surface area (Å²) in [7, 11) is 1.74. The Morgan fingerprint density at radius 3 is 2.82 bits per heavy atom. The number of hydrogen-bond acceptors (Lipinski definition) is 4. The van der Waals surface area contributed by atoms with E-state index in [4.69, 9.17) is 0 Å². The van der Waals surface area contributed by atoms with Gasteiger partial charge in [0.15, 0.2) is 0 Å². The first kappa shape index (κ1) is 13.0. The van der Waals surface area contributed by atoms with E-state index in [0.717, 1.165) is 9.35 Å². The van der Waals surface area contributed by atoms with Crippen molar-refractivity contribution in [2.45, 2.75) is 19.1 Å². The van der Waals surface area contributed by atoms with Gasteiger partial charge in [0.1, 0.15) is 0 Å². The summed E-state index contributed by atoms with van der Waals surface area (Å²) in [5, 5.41) is 12.8. The summed E-state index contributed by atoms with van der Waals surface area (Å²) in [6.45, 7) is 3.16. The van der Waals surface area contributed by atoms with E-state index in [1.54, 1.807) is 11.9 Å². The summed E-state index contributed by atoms with van der Waals surface area (Å²) >= 11 is 4.85. The van der Waals surface area contributed by atoms with Gasteiger partial charge in [-0.05, 0) is 34.5 Å². The Morgan fingerprint density at radius 2 is 2.35 bits per heavy atom. The minimum Gasteiger partial charge on any atom is -0.390 e. The number of nitrogens with one attached hydrogen (secondary N) is 1. The quantitative estimate of drug-likeness (QED) is 0.862. The van der Waals surface area contributed by atoms with Gasteiger partial charge in [0, 0.05) is 20.1 Å². The molecule has 94 valence electrons. The predicted molar refractivity (Wildman–Crippen MR) is 71.5 cm³/mol. The molecule has 2 heterocycles. The Kier molecular flexibility index (Phi) is 3.87. The van der Waals surface area contributed by atoms with Crippen LogP contribution in [0.3, 0.4) is 0 Å². The summed E-state index contributed by atoms with van der Waals surface area (Å²) in [6.07, 6.45) is -0.478. The molecule has 0 unspecified atom stereocenters. The number of likely N-dealkylation sites (N-methyl/N-ethyl adjacent to an activating group) is 1. The number of β-amino-alcohol motifs (C(OH)–C–C–N with tert-alkyl or cyclic N) is 1. The average Bonchev–Trinajstić information content (AvgIpc) is 2.84. The topological polar surface area (TPSA) is 52.6 Å². The van der Waals surface area contributed by atoms with Crippen molar-refractivity contribution >= 4 is 33.2 Å². The van der Waals surface area contributed by atoms with E-state index >= 15 is 0 Å². The number of thiophene rings is 1. The van der Waals surface area contributed by atoms with Crippen molar-refractivity contribution in [1.82, 2.24) is 10.2 Å². The maximum absolute atomic E-state index is 12.2. The number of aryl methyl sites for hydroxylation is 1. The van der Waals surface area contributed by atoms with E-state index in [1.165, 1.54) is 11.3 Å². The molecule has 4 nitrogen and oxygen atoms in total. The molecule has 0 aliphatic carbocycles. The molecule has 1 aliphatic heterocycles. The van der Waals surface area contributed by atoms with E-state index < -0.39 is 6.10 Å². The van der Waals surface area contributed by atoms with E-state index in [1.807, 2.05) is 13.0 Å². The lowest BCUT2D eigenvalue weighted by atomic mass is 10.2. The smallest absolute Gasteiger partial charge is 0.264 e. The number of carbonyl (C=O) groups excluding carboxylic acids is 1. The van der Waals surface area contributed by atoms with Crippen LogP contribution in [0.2, 0.25) is 0 Å². The Morgan fingerprint density at radius 1 is 1.65 bits per heavy atom. The minimum atomic E-state index is -0.478. The van der Waals surface area contributed by atoms with Gasteiger partial charge in [-0.1, -0.05) is 0 Å². The van der Waals surface area contributed by atoms with Gasteiger partial charge in [-0.3, -0.25) is 4.79 Å². The maximum Gasteiger partial charge on any atom is 0.264 e. The molecule has 0 aromatic carbocycles. The van der Waals surface area contributed by atoms with Crippen LogP contribution in [0.4, 0.5) is 0 Å². The highest BCUT2D eigenvalue weighted by molar-refractivity contribution is 9.11. The predicted octanol–water partition coefficient (Wildman–Crippen LogP) is 1.22. The molecule has 2 atom stereocenters. The number of aliphatic hydroxyl groups excluding tert-OH is 1. The molecule has 17 heavy (non-hydrogen) atoms. The van der Waals surface area contributed by atoms with Crippen molar-refractivity contribution in [3.05, 3.63) is 20.3 Å². The summed E-state index contributed by atoms with van der Waals surface area (Å²) < 4.78 is 0.986. The SMILES string of the molecule is Cc1cc(C(=O)N(C)[C@@H]2CNC[C@H]2O)sc1Br. The first-order valence-corrected chi connectivity index (χ1v) is 7.03. The molecule has 1 aliphatic rings. The molecule has 1 saturated heterocycles. The highest BCUT2D eigenvalue weighted by atomic mass is 79.9. The van der Waals surface area contributed by atoms with Crippen LogP contribution in [0.25, 0.3) is 0 Å². The second kappa shape index (κ2) is 5.06. The fraction of sp³-hybridized carbons (Fsp3) is 0.545. The fourth-order valence-corrected chi connectivity index (χ4v) is 3.45. The van der Waals surface area contributed by atoms with Gasteiger partial charge in [0.05, 0.1) is 20.8 Å². The molecule has 0 saturated carbocycles. The van der Waals surface area contributed by atoms with Crippen molar-refractivity contribution in [2.24, 2.45) is 0 Å². The van der Waals surface area contributed by atoms with Gasteiger partial charge in [-0.25, -0.2) is 0 Å². The van der Waals surface area contributed by atoms with Crippen LogP contribution in [0.1, 0.15) is 15.2 Å². The zero-order valence-corrected chi connectivity index (χ0v) is 12.1. The molecule has 0 radical (unpaired) electrons. The number of hydrogen-bond donors (Lipinski definition) is 2. The summed E-state index contributed by atoms with van der Waals surface area (Å²) in [6, 6.07) is 1.74. The third-order valence-corrected chi connectivity index (χ3v) is 5.16. The summed E-state index contributed by atoms with van der Waals surface area (Å²) in [5.41, 5.74) is 1.07. The molecule has 2 rings (SSSR count). The van der Waals surface area contributed by atoms with E-state index in [0.29, 0.717) is 18.0 Å². The Hall–Kier alpha value is -0.430. The van der Waals surface area contributed by atoms with Crippen molar-refractivity contribution in [3.63, 3.8) is 0 Å². The average molecular weight is 319 g/mol. The number of aliphatic hydroxyl groups is 1. The highest BCUT2D eigenvalue weighted by Gasteiger charge is 2.32. The molecule has 1 fully saturated rings. The molecule has 0 spiro atoms. The molecular weight excluding hydrogens is 304 g/mol. The third kappa shape index (κ3) is 2.54. The van der Waals surface area contributed by atoms with Crippen molar-refractivity contribution in [3.8, 4) is 0 Å². The van der Waals surface area contributed by atoms with E-state index in [2.05, 4.69) is 21.2 Å². The number of rotatable bonds is 2. The number of nitrogens with zero attached hydrogens (tertiary/aromatic N) is 1. The third-order valence-electron chi connectivity index (χ3n) is 3.04. The largest absolute Gasteiger partial charge is 0.390 e. The molecule has 1 amide bonds. The van der Waals surface area contributed by atoms with Crippen molar-refractivity contribution in [2.75, 3.05) is 20.1 Å². The summed E-state index contributed by atoms with van der Waals surface area (Å²) in [4.78, 5) is 14.6. The van der Waals surface area contributed by atoms with Gasteiger partial charge in [0.2, 0.25) is 0 Å². The minimum absolute atomic E-state index is 0.0310. The normalized spacial score (nSPS) is 24.0. The zero-order valence-electron chi connectivity index (χ0n) is 9.74. The van der Waals surface area contributed by atoms with Crippen molar-refractivity contribution < 1.29 is 9.90 Å². The Balaban J connectivity index is 2.14. The van der Waals surface area contributed by atoms with Gasteiger partial charge >= 0.3 is 0 Å². The molecule has 0 bridgehead atoms. The standard InChI is InChI=1S/C11H15BrN2O2S/c1-6-3-9(17-10(6)12)11(16)14(2)7-4-13-5-8(7)15/h3,7-8,13,15H,4-5H2,1-2H3/t7-,8-/m1/s1. The van der Waals surface area contributed by atoms with Gasteiger partial charge in [0.25, 0.3) is 5.91 Å². The highest BCUT2D eigenvalue weighted by Crippen LogP contribution is 2.28. The molecule has 1 aromatic heterocycles. The monoisotopic (exact) mass is 318 g/mol. The van der Waals surface area contributed by atoms with Gasteiger partial charge in [-0.15, -0.1) is 11.3 Å².